The average Bonchev–Trinajstić information content (AvgIpc) is 2.43. The normalized spacial score (nSPS) is 12.8. The van der Waals surface area contributed by atoms with Crippen LogP contribution in [0.1, 0.15) is 44.9 Å². The first kappa shape index (κ1) is 17.0. The molecule has 0 aromatic carbocycles. The number of thioether (sulfide) groups is 1. The van der Waals surface area contributed by atoms with Gasteiger partial charge in [-0.2, -0.15) is 11.8 Å². The summed E-state index contributed by atoms with van der Waals surface area (Å²) in [5, 5.41) is 0.186. The molecular weight excluding hydrogens is 270 g/mol. The van der Waals surface area contributed by atoms with E-state index in [0.29, 0.717) is 24.0 Å². The SMILES string of the molecule is COc1ccc(C(CC(=O)C(C)C)SCC(C)C)cn1. The fourth-order valence-corrected chi connectivity index (χ4v) is 2.93. The zero-order valence-electron chi connectivity index (χ0n) is 13.1. The third kappa shape index (κ3) is 5.53. The Hall–Kier alpha value is -1.03. The van der Waals surface area contributed by atoms with Crippen LogP contribution in [0.5, 0.6) is 5.88 Å². The van der Waals surface area contributed by atoms with Gasteiger partial charge in [-0.1, -0.05) is 33.8 Å². The van der Waals surface area contributed by atoms with Crippen LogP contribution in [0, 0.1) is 11.8 Å². The molecule has 0 aliphatic carbocycles. The second-order valence-corrected chi connectivity index (χ2v) is 6.91. The lowest BCUT2D eigenvalue weighted by Gasteiger charge is -2.18. The van der Waals surface area contributed by atoms with E-state index in [9.17, 15) is 4.79 Å². The zero-order valence-corrected chi connectivity index (χ0v) is 13.9. The predicted molar refractivity (Wildman–Crippen MR) is 85.3 cm³/mol. The molecule has 0 N–H and O–H groups in total. The maximum absolute atomic E-state index is 12.0. The van der Waals surface area contributed by atoms with Gasteiger partial charge in [0, 0.05) is 29.9 Å². The minimum atomic E-state index is 0.0864. The Morgan fingerprint density at radius 3 is 2.45 bits per heavy atom. The van der Waals surface area contributed by atoms with E-state index in [1.165, 1.54) is 0 Å². The first-order valence-corrected chi connectivity index (χ1v) is 8.13. The van der Waals surface area contributed by atoms with Gasteiger partial charge < -0.3 is 4.74 Å². The number of hydrogen-bond donors (Lipinski definition) is 0. The van der Waals surface area contributed by atoms with Gasteiger partial charge in [0.25, 0.3) is 0 Å². The van der Waals surface area contributed by atoms with Crippen LogP contribution in [0.4, 0.5) is 0 Å². The van der Waals surface area contributed by atoms with Crippen molar-refractivity contribution >= 4 is 17.5 Å². The van der Waals surface area contributed by atoms with E-state index in [0.717, 1.165) is 11.3 Å². The molecule has 0 saturated heterocycles. The van der Waals surface area contributed by atoms with Gasteiger partial charge in [0.2, 0.25) is 5.88 Å². The van der Waals surface area contributed by atoms with E-state index in [-0.39, 0.29) is 11.2 Å². The zero-order chi connectivity index (χ0) is 15.1. The van der Waals surface area contributed by atoms with Gasteiger partial charge in [0.1, 0.15) is 5.78 Å². The van der Waals surface area contributed by atoms with Crippen molar-refractivity contribution in [3.8, 4) is 5.88 Å². The van der Waals surface area contributed by atoms with Crippen LogP contribution in [0.15, 0.2) is 18.3 Å². The summed E-state index contributed by atoms with van der Waals surface area (Å²) in [6.45, 7) is 8.30. The molecule has 112 valence electrons. The first-order valence-electron chi connectivity index (χ1n) is 7.08. The van der Waals surface area contributed by atoms with Gasteiger partial charge in [-0.25, -0.2) is 4.98 Å². The number of methoxy groups -OCH3 is 1. The number of carbonyl (C=O) groups excluding carboxylic acids is 1. The van der Waals surface area contributed by atoms with Crippen LogP contribution in [0.3, 0.4) is 0 Å². The number of aromatic nitrogens is 1. The Bertz CT molecular complexity index is 415. The van der Waals surface area contributed by atoms with Crippen molar-refractivity contribution in [3.63, 3.8) is 0 Å². The van der Waals surface area contributed by atoms with Crippen molar-refractivity contribution in [2.75, 3.05) is 12.9 Å². The van der Waals surface area contributed by atoms with Crippen LogP contribution in [-0.2, 0) is 4.79 Å². The summed E-state index contributed by atoms with van der Waals surface area (Å²) in [6, 6.07) is 3.87. The molecule has 1 aromatic heterocycles. The molecule has 0 spiro atoms. The van der Waals surface area contributed by atoms with Crippen molar-refractivity contribution in [1.29, 1.82) is 0 Å². The van der Waals surface area contributed by atoms with Gasteiger partial charge in [-0.05, 0) is 17.2 Å². The van der Waals surface area contributed by atoms with Crippen molar-refractivity contribution in [2.24, 2.45) is 11.8 Å². The number of hydrogen-bond acceptors (Lipinski definition) is 4. The smallest absolute Gasteiger partial charge is 0.212 e. The van der Waals surface area contributed by atoms with Crippen molar-refractivity contribution in [2.45, 2.75) is 39.4 Å². The lowest BCUT2D eigenvalue weighted by molar-refractivity contribution is -0.121. The molecule has 0 bridgehead atoms. The Kier molecular flexibility index (Phi) is 7.06. The second kappa shape index (κ2) is 8.30. The van der Waals surface area contributed by atoms with Gasteiger partial charge in [0.05, 0.1) is 7.11 Å². The standard InChI is InChI=1S/C16H25NO2S/c1-11(2)10-20-15(8-14(18)12(3)4)13-6-7-16(19-5)17-9-13/h6-7,9,11-12,15H,8,10H2,1-5H3. The van der Waals surface area contributed by atoms with E-state index in [4.69, 9.17) is 4.74 Å². The molecule has 1 heterocycles. The summed E-state index contributed by atoms with van der Waals surface area (Å²) in [5.74, 6) is 2.66. The molecule has 0 radical (unpaired) electrons. The molecule has 1 unspecified atom stereocenters. The predicted octanol–water partition coefficient (Wildman–Crippen LogP) is 4.14. The Labute approximate surface area is 126 Å². The Balaban J connectivity index is 2.81. The fourth-order valence-electron chi connectivity index (χ4n) is 1.70. The average molecular weight is 295 g/mol. The lowest BCUT2D eigenvalue weighted by Crippen LogP contribution is -2.12. The van der Waals surface area contributed by atoms with Crippen molar-refractivity contribution < 1.29 is 9.53 Å². The van der Waals surface area contributed by atoms with Gasteiger partial charge in [-0.3, -0.25) is 4.79 Å². The minimum Gasteiger partial charge on any atom is -0.481 e. The molecule has 1 aromatic rings. The summed E-state index contributed by atoms with van der Waals surface area (Å²) < 4.78 is 5.08. The largest absolute Gasteiger partial charge is 0.481 e. The van der Waals surface area contributed by atoms with Gasteiger partial charge in [0.15, 0.2) is 0 Å². The van der Waals surface area contributed by atoms with E-state index in [1.54, 1.807) is 7.11 Å². The maximum atomic E-state index is 12.0. The van der Waals surface area contributed by atoms with Crippen LogP contribution >= 0.6 is 11.8 Å². The molecule has 20 heavy (non-hydrogen) atoms. The molecule has 0 aliphatic heterocycles. The number of Topliss-reactive ketones (excluding diaryl/α,β-unsaturated/α-hetero) is 1. The Morgan fingerprint density at radius 1 is 1.30 bits per heavy atom. The number of nitrogens with zero attached hydrogens (tertiary/aromatic N) is 1. The lowest BCUT2D eigenvalue weighted by atomic mass is 10.0. The second-order valence-electron chi connectivity index (χ2n) is 5.67. The van der Waals surface area contributed by atoms with E-state index in [1.807, 2.05) is 43.9 Å². The molecule has 3 nitrogen and oxygen atoms in total. The van der Waals surface area contributed by atoms with Gasteiger partial charge in [-0.15, -0.1) is 0 Å². The summed E-state index contributed by atoms with van der Waals surface area (Å²) in [4.78, 5) is 16.3. The third-order valence-corrected chi connectivity index (χ3v) is 4.70. The summed E-state index contributed by atoms with van der Waals surface area (Å²) in [5.41, 5.74) is 1.10. The van der Waals surface area contributed by atoms with E-state index in [2.05, 4.69) is 18.8 Å². The monoisotopic (exact) mass is 295 g/mol. The molecule has 0 aliphatic rings. The highest BCUT2D eigenvalue weighted by molar-refractivity contribution is 7.99. The molecule has 1 atom stereocenters. The van der Waals surface area contributed by atoms with Crippen molar-refractivity contribution in [3.05, 3.63) is 23.9 Å². The number of rotatable bonds is 8. The summed E-state index contributed by atoms with van der Waals surface area (Å²) in [7, 11) is 1.61. The van der Waals surface area contributed by atoms with Gasteiger partial charge >= 0.3 is 0 Å². The third-order valence-electron chi connectivity index (χ3n) is 3.00. The maximum Gasteiger partial charge on any atom is 0.212 e. The van der Waals surface area contributed by atoms with E-state index >= 15 is 0 Å². The number of pyridine rings is 1. The van der Waals surface area contributed by atoms with Crippen molar-refractivity contribution in [1.82, 2.24) is 4.98 Å². The number of carbonyl (C=O) groups is 1. The van der Waals surface area contributed by atoms with Crippen LogP contribution in [0.25, 0.3) is 0 Å². The molecule has 1 rings (SSSR count). The summed E-state index contributed by atoms with van der Waals surface area (Å²) in [6.07, 6.45) is 2.40. The quantitative estimate of drug-likeness (QED) is 0.722. The minimum absolute atomic E-state index is 0.0864. The molecule has 0 amide bonds. The molecule has 4 heteroatoms. The summed E-state index contributed by atoms with van der Waals surface area (Å²) >= 11 is 1.84. The number of ketones is 1. The first-order chi connectivity index (χ1) is 9.43. The molecule has 0 fully saturated rings. The van der Waals surface area contributed by atoms with E-state index < -0.39 is 0 Å². The highest BCUT2D eigenvalue weighted by atomic mass is 32.2. The van der Waals surface area contributed by atoms with Crippen LogP contribution in [0.2, 0.25) is 0 Å². The fraction of sp³-hybridized carbons (Fsp3) is 0.625. The number of ether oxygens (including phenoxy) is 1. The highest BCUT2D eigenvalue weighted by Gasteiger charge is 2.19. The molecule has 0 saturated carbocycles. The van der Waals surface area contributed by atoms with Crippen LogP contribution in [-0.4, -0.2) is 23.6 Å². The molecular formula is C16H25NO2S. The Morgan fingerprint density at radius 2 is 2.00 bits per heavy atom. The topological polar surface area (TPSA) is 39.2 Å². The highest BCUT2D eigenvalue weighted by Crippen LogP contribution is 2.34. The van der Waals surface area contributed by atoms with Crippen LogP contribution < -0.4 is 4.74 Å².